The smallest absolute Gasteiger partial charge is 0.231 e. The Morgan fingerprint density at radius 2 is 2.10 bits per heavy atom. The van der Waals surface area contributed by atoms with Gasteiger partial charge < -0.3 is 10.6 Å². The summed E-state index contributed by atoms with van der Waals surface area (Å²) in [6.45, 7) is 9.83. The molecule has 0 saturated carbocycles. The van der Waals surface area contributed by atoms with Crippen LogP contribution in [0.3, 0.4) is 0 Å². The first kappa shape index (κ1) is 16.0. The molecule has 3 nitrogen and oxygen atoms in total. The molecule has 1 aromatic carbocycles. The van der Waals surface area contributed by atoms with Crippen LogP contribution in [0, 0.1) is 18.3 Å². The number of amides is 1. The Bertz CT molecular complexity index is 516. The number of nitrogens with zero attached hydrogens (tertiary/aromatic N) is 1. The fraction of sp³-hybridized carbons (Fsp3) is 0.611. The number of fused-ring (bicyclic) bond motifs is 1. The second-order valence-corrected chi connectivity index (χ2v) is 7.37. The van der Waals surface area contributed by atoms with E-state index >= 15 is 0 Å². The van der Waals surface area contributed by atoms with E-state index in [1.54, 1.807) is 0 Å². The van der Waals surface area contributed by atoms with Gasteiger partial charge in [0.05, 0.1) is 5.92 Å². The summed E-state index contributed by atoms with van der Waals surface area (Å²) in [6, 6.07) is 6.31. The van der Waals surface area contributed by atoms with E-state index < -0.39 is 0 Å². The van der Waals surface area contributed by atoms with E-state index in [0.717, 1.165) is 31.5 Å². The van der Waals surface area contributed by atoms with Gasteiger partial charge in [-0.1, -0.05) is 39.0 Å². The second-order valence-electron chi connectivity index (χ2n) is 7.37. The molecular weight excluding hydrogens is 260 g/mol. The molecule has 0 saturated heterocycles. The first-order valence-electron chi connectivity index (χ1n) is 7.93. The molecule has 21 heavy (non-hydrogen) atoms. The van der Waals surface area contributed by atoms with Crippen LogP contribution in [0.1, 0.15) is 44.7 Å². The van der Waals surface area contributed by atoms with E-state index in [0.29, 0.717) is 6.54 Å². The van der Waals surface area contributed by atoms with Gasteiger partial charge in [-0.2, -0.15) is 0 Å². The molecule has 2 N–H and O–H groups in total. The highest BCUT2D eigenvalue weighted by atomic mass is 16.2. The number of rotatable bonds is 3. The molecule has 2 rings (SSSR count). The number of carbonyl (C=O) groups excluding carboxylic acids is 1. The van der Waals surface area contributed by atoms with Gasteiger partial charge in [-0.05, 0) is 42.7 Å². The minimum absolute atomic E-state index is 0.0874. The van der Waals surface area contributed by atoms with Crippen molar-refractivity contribution in [3.63, 3.8) is 0 Å². The maximum Gasteiger partial charge on any atom is 0.231 e. The number of hydrogen-bond donors (Lipinski definition) is 1. The van der Waals surface area contributed by atoms with E-state index in [1.165, 1.54) is 11.1 Å². The van der Waals surface area contributed by atoms with Crippen LogP contribution in [0.4, 0.5) is 5.69 Å². The van der Waals surface area contributed by atoms with Crippen molar-refractivity contribution in [3.05, 3.63) is 29.3 Å². The Balaban J connectivity index is 2.29. The molecule has 0 aliphatic carbocycles. The summed E-state index contributed by atoms with van der Waals surface area (Å²) in [4.78, 5) is 15.0. The van der Waals surface area contributed by atoms with Gasteiger partial charge in [0, 0.05) is 18.8 Å². The Morgan fingerprint density at radius 1 is 1.38 bits per heavy atom. The number of benzene rings is 1. The highest BCUT2D eigenvalue weighted by molar-refractivity contribution is 5.97. The summed E-state index contributed by atoms with van der Waals surface area (Å²) in [7, 11) is 0. The van der Waals surface area contributed by atoms with Crippen LogP contribution in [0.25, 0.3) is 0 Å². The quantitative estimate of drug-likeness (QED) is 0.927. The second kappa shape index (κ2) is 6.18. The maximum atomic E-state index is 13.0. The summed E-state index contributed by atoms with van der Waals surface area (Å²) < 4.78 is 0. The van der Waals surface area contributed by atoms with Crippen molar-refractivity contribution in [1.29, 1.82) is 0 Å². The fourth-order valence-electron chi connectivity index (χ4n) is 3.30. The number of nitrogens with two attached hydrogens (primary N) is 1. The molecule has 1 aromatic rings. The normalized spacial score (nSPS) is 16.5. The van der Waals surface area contributed by atoms with Crippen LogP contribution in [-0.4, -0.2) is 19.0 Å². The summed E-state index contributed by atoms with van der Waals surface area (Å²) in [5.41, 5.74) is 9.62. The topological polar surface area (TPSA) is 46.3 Å². The molecule has 0 bridgehead atoms. The minimum Gasteiger partial charge on any atom is -0.330 e. The molecule has 116 valence electrons. The van der Waals surface area contributed by atoms with E-state index in [2.05, 4.69) is 45.9 Å². The minimum atomic E-state index is -0.0874. The molecule has 0 radical (unpaired) electrons. The Kier molecular flexibility index (Phi) is 4.72. The van der Waals surface area contributed by atoms with Crippen LogP contribution in [-0.2, 0) is 11.2 Å². The standard InChI is InChI=1S/C18H28N2O/c1-13-7-5-8-14-9-6-10-20(16(13)14)17(21)15(12-19)11-18(2,3)4/h5,7-8,15H,6,9-12,19H2,1-4H3. The third-order valence-corrected chi connectivity index (χ3v) is 4.18. The Hall–Kier alpha value is -1.35. The highest BCUT2D eigenvalue weighted by Crippen LogP contribution is 2.33. The first-order chi connectivity index (χ1) is 9.83. The Morgan fingerprint density at radius 3 is 2.71 bits per heavy atom. The van der Waals surface area contributed by atoms with Crippen LogP contribution < -0.4 is 10.6 Å². The van der Waals surface area contributed by atoms with Crippen LogP contribution in [0.15, 0.2) is 18.2 Å². The van der Waals surface area contributed by atoms with Gasteiger partial charge in [0.1, 0.15) is 0 Å². The van der Waals surface area contributed by atoms with Crippen molar-refractivity contribution in [2.24, 2.45) is 17.1 Å². The van der Waals surface area contributed by atoms with Crippen molar-refractivity contribution in [3.8, 4) is 0 Å². The molecule has 1 unspecified atom stereocenters. The summed E-state index contributed by atoms with van der Waals surface area (Å²) in [5, 5.41) is 0. The number of hydrogen-bond acceptors (Lipinski definition) is 2. The number of aryl methyl sites for hydroxylation is 2. The highest BCUT2D eigenvalue weighted by Gasteiger charge is 2.31. The number of para-hydroxylation sites is 1. The van der Waals surface area contributed by atoms with Crippen LogP contribution in [0.5, 0.6) is 0 Å². The van der Waals surface area contributed by atoms with Crippen molar-refractivity contribution < 1.29 is 4.79 Å². The van der Waals surface area contributed by atoms with Gasteiger partial charge in [0.15, 0.2) is 0 Å². The first-order valence-corrected chi connectivity index (χ1v) is 7.93. The zero-order chi connectivity index (χ0) is 15.6. The molecule has 1 aliphatic heterocycles. The van der Waals surface area contributed by atoms with Crippen molar-refractivity contribution >= 4 is 11.6 Å². The summed E-state index contributed by atoms with van der Waals surface area (Å²) in [6.07, 6.45) is 2.93. The van der Waals surface area contributed by atoms with E-state index in [4.69, 9.17) is 5.73 Å². The fourth-order valence-corrected chi connectivity index (χ4v) is 3.30. The largest absolute Gasteiger partial charge is 0.330 e. The van der Waals surface area contributed by atoms with E-state index in [1.807, 2.05) is 4.90 Å². The SMILES string of the molecule is Cc1cccc2c1N(C(=O)C(CN)CC(C)(C)C)CCC2. The molecule has 1 amide bonds. The third kappa shape index (κ3) is 3.65. The molecular formula is C18H28N2O. The molecule has 1 aliphatic rings. The van der Waals surface area contributed by atoms with E-state index in [9.17, 15) is 4.79 Å². The van der Waals surface area contributed by atoms with Gasteiger partial charge in [-0.15, -0.1) is 0 Å². The van der Waals surface area contributed by atoms with Gasteiger partial charge in [-0.25, -0.2) is 0 Å². The number of carbonyl (C=O) groups is 1. The van der Waals surface area contributed by atoms with E-state index in [-0.39, 0.29) is 17.2 Å². The average Bonchev–Trinajstić information content (AvgIpc) is 2.43. The molecule has 0 fully saturated rings. The number of anilines is 1. The zero-order valence-electron chi connectivity index (χ0n) is 13.8. The monoisotopic (exact) mass is 288 g/mol. The summed E-state index contributed by atoms with van der Waals surface area (Å²) in [5.74, 6) is 0.109. The molecule has 0 spiro atoms. The molecule has 1 atom stereocenters. The van der Waals surface area contributed by atoms with Crippen molar-refractivity contribution in [2.45, 2.75) is 47.0 Å². The van der Waals surface area contributed by atoms with Crippen LogP contribution >= 0.6 is 0 Å². The lowest BCUT2D eigenvalue weighted by atomic mass is 9.83. The van der Waals surface area contributed by atoms with Gasteiger partial charge in [-0.3, -0.25) is 4.79 Å². The molecule has 1 heterocycles. The lowest BCUT2D eigenvalue weighted by Crippen LogP contribution is -2.43. The third-order valence-electron chi connectivity index (χ3n) is 4.18. The average molecular weight is 288 g/mol. The zero-order valence-corrected chi connectivity index (χ0v) is 13.8. The van der Waals surface area contributed by atoms with Gasteiger partial charge in [0.2, 0.25) is 5.91 Å². The lowest BCUT2D eigenvalue weighted by Gasteiger charge is -2.35. The predicted octanol–water partition coefficient (Wildman–Crippen LogP) is 3.29. The van der Waals surface area contributed by atoms with Crippen LogP contribution in [0.2, 0.25) is 0 Å². The Labute approximate surface area is 128 Å². The van der Waals surface area contributed by atoms with Gasteiger partial charge in [0.25, 0.3) is 0 Å². The molecule has 0 aromatic heterocycles. The van der Waals surface area contributed by atoms with Gasteiger partial charge >= 0.3 is 0 Å². The maximum absolute atomic E-state index is 13.0. The van der Waals surface area contributed by atoms with Crippen molar-refractivity contribution in [2.75, 3.05) is 18.0 Å². The lowest BCUT2D eigenvalue weighted by molar-refractivity contribution is -0.123. The molecule has 3 heteroatoms. The summed E-state index contributed by atoms with van der Waals surface area (Å²) >= 11 is 0. The van der Waals surface area contributed by atoms with Crippen molar-refractivity contribution in [1.82, 2.24) is 0 Å². The predicted molar refractivity (Wildman–Crippen MR) is 88.5 cm³/mol.